The van der Waals surface area contributed by atoms with E-state index in [1.54, 1.807) is 48.5 Å². The number of carbonyl (C=O) groups is 2. The number of amides is 2. The van der Waals surface area contributed by atoms with Gasteiger partial charge in [-0.25, -0.2) is 8.78 Å². The first-order chi connectivity index (χ1) is 19.3. The van der Waals surface area contributed by atoms with Gasteiger partial charge in [-0.15, -0.1) is 0 Å². The van der Waals surface area contributed by atoms with Crippen LogP contribution in [0.15, 0.2) is 97.1 Å². The summed E-state index contributed by atoms with van der Waals surface area (Å²) < 4.78 is 27.5. The van der Waals surface area contributed by atoms with Gasteiger partial charge in [-0.3, -0.25) is 19.9 Å². The lowest BCUT2D eigenvalue weighted by Crippen LogP contribution is -2.45. The summed E-state index contributed by atoms with van der Waals surface area (Å²) in [6, 6.07) is 26.4. The minimum absolute atomic E-state index is 0.00838. The highest BCUT2D eigenvalue weighted by molar-refractivity contribution is 6.10. The largest absolute Gasteiger partial charge is 0.348 e. The van der Waals surface area contributed by atoms with Gasteiger partial charge in [0.15, 0.2) is 11.5 Å². The average molecular weight is 536 g/mol. The van der Waals surface area contributed by atoms with Crippen molar-refractivity contribution in [1.82, 2.24) is 15.5 Å². The fraction of sp³-hybridized carbons (Fsp3) is 0.0968. The molecule has 40 heavy (non-hydrogen) atoms. The molecule has 0 spiro atoms. The van der Waals surface area contributed by atoms with Crippen molar-refractivity contribution in [1.29, 1.82) is 10.7 Å². The SMILES string of the molecule is N#Cc1ccc(CNC(=O)c2cccc(CN3C(=N)NC(c4ccc(F)cc4)(c4ccc(F)cc4)C3=O)c2)cc1. The van der Waals surface area contributed by atoms with Crippen LogP contribution in [0.4, 0.5) is 8.78 Å². The molecule has 0 bridgehead atoms. The Morgan fingerprint density at radius 1 is 0.900 bits per heavy atom. The molecule has 7 nitrogen and oxygen atoms in total. The number of guanidine groups is 1. The summed E-state index contributed by atoms with van der Waals surface area (Å²) in [6.07, 6.45) is 0. The summed E-state index contributed by atoms with van der Waals surface area (Å²) in [7, 11) is 0. The average Bonchev–Trinajstić information content (AvgIpc) is 3.22. The summed E-state index contributed by atoms with van der Waals surface area (Å²) in [6.45, 7) is 0.261. The normalized spacial score (nSPS) is 14.0. The lowest BCUT2D eigenvalue weighted by Gasteiger charge is -2.28. The van der Waals surface area contributed by atoms with Gasteiger partial charge >= 0.3 is 0 Å². The summed E-state index contributed by atoms with van der Waals surface area (Å²) >= 11 is 0. The molecule has 4 aromatic rings. The molecule has 1 heterocycles. The molecule has 0 aliphatic carbocycles. The topological polar surface area (TPSA) is 109 Å². The molecule has 1 saturated heterocycles. The van der Waals surface area contributed by atoms with Crippen molar-refractivity contribution in [3.8, 4) is 6.07 Å². The second-order valence-electron chi connectivity index (χ2n) is 9.32. The predicted molar refractivity (Wildman–Crippen MR) is 144 cm³/mol. The second-order valence-corrected chi connectivity index (χ2v) is 9.32. The Balaban J connectivity index is 1.38. The summed E-state index contributed by atoms with van der Waals surface area (Å²) in [5.41, 5.74) is 1.59. The van der Waals surface area contributed by atoms with Crippen molar-refractivity contribution in [2.24, 2.45) is 0 Å². The van der Waals surface area contributed by atoms with Crippen LogP contribution in [0.25, 0.3) is 0 Å². The third kappa shape index (κ3) is 5.02. The van der Waals surface area contributed by atoms with E-state index in [0.717, 1.165) is 5.56 Å². The van der Waals surface area contributed by atoms with Crippen molar-refractivity contribution in [2.75, 3.05) is 0 Å². The first kappa shape index (κ1) is 26.3. The molecule has 5 rings (SSSR count). The number of rotatable bonds is 7. The van der Waals surface area contributed by atoms with Crippen LogP contribution in [0.3, 0.4) is 0 Å². The van der Waals surface area contributed by atoms with Crippen LogP contribution in [0, 0.1) is 28.4 Å². The van der Waals surface area contributed by atoms with Gasteiger partial charge in [-0.2, -0.15) is 5.26 Å². The third-order valence-electron chi connectivity index (χ3n) is 6.76. The van der Waals surface area contributed by atoms with Crippen LogP contribution < -0.4 is 10.6 Å². The molecule has 3 N–H and O–H groups in total. The highest BCUT2D eigenvalue weighted by atomic mass is 19.1. The number of hydrogen-bond acceptors (Lipinski definition) is 4. The molecule has 0 saturated carbocycles. The molecule has 0 unspecified atom stereocenters. The Bertz CT molecular complexity index is 1580. The summed E-state index contributed by atoms with van der Waals surface area (Å²) in [5.74, 6) is -1.96. The number of benzene rings is 4. The van der Waals surface area contributed by atoms with E-state index in [9.17, 15) is 18.4 Å². The van der Waals surface area contributed by atoms with Gasteiger partial charge in [0.05, 0.1) is 18.2 Å². The van der Waals surface area contributed by atoms with E-state index >= 15 is 0 Å². The molecule has 0 atom stereocenters. The summed E-state index contributed by atoms with van der Waals surface area (Å²) in [4.78, 5) is 28.0. The van der Waals surface area contributed by atoms with Crippen molar-refractivity contribution < 1.29 is 18.4 Å². The molecule has 198 valence electrons. The smallest absolute Gasteiger partial charge is 0.264 e. The predicted octanol–water partition coefficient (Wildman–Crippen LogP) is 4.58. The van der Waals surface area contributed by atoms with Crippen molar-refractivity contribution >= 4 is 17.8 Å². The van der Waals surface area contributed by atoms with E-state index < -0.39 is 23.1 Å². The Labute approximate surface area is 229 Å². The van der Waals surface area contributed by atoms with E-state index in [2.05, 4.69) is 10.6 Å². The van der Waals surface area contributed by atoms with Crippen LogP contribution in [-0.4, -0.2) is 22.7 Å². The Kier molecular flexibility index (Phi) is 7.08. The summed E-state index contributed by atoms with van der Waals surface area (Å²) in [5, 5.41) is 23.3. The van der Waals surface area contributed by atoms with Crippen molar-refractivity contribution in [2.45, 2.75) is 18.6 Å². The Morgan fingerprint density at radius 3 is 2.08 bits per heavy atom. The lowest BCUT2D eigenvalue weighted by molar-refractivity contribution is -0.130. The van der Waals surface area contributed by atoms with Crippen LogP contribution in [0.5, 0.6) is 0 Å². The van der Waals surface area contributed by atoms with E-state index in [4.69, 9.17) is 10.7 Å². The quantitative estimate of drug-likeness (QED) is 0.322. The van der Waals surface area contributed by atoms with Crippen molar-refractivity contribution in [3.05, 3.63) is 142 Å². The number of hydrogen-bond donors (Lipinski definition) is 3. The van der Waals surface area contributed by atoms with E-state index in [1.807, 2.05) is 6.07 Å². The van der Waals surface area contributed by atoms with Gasteiger partial charge < -0.3 is 10.6 Å². The van der Waals surface area contributed by atoms with Gasteiger partial charge in [0, 0.05) is 12.1 Å². The third-order valence-corrected chi connectivity index (χ3v) is 6.76. The molecule has 0 aromatic heterocycles. The first-order valence-electron chi connectivity index (χ1n) is 12.4. The van der Waals surface area contributed by atoms with E-state index in [1.165, 1.54) is 53.4 Å². The zero-order chi connectivity index (χ0) is 28.3. The number of nitrogens with zero attached hydrogens (tertiary/aromatic N) is 2. The van der Waals surface area contributed by atoms with Crippen molar-refractivity contribution in [3.63, 3.8) is 0 Å². The minimum Gasteiger partial charge on any atom is -0.348 e. The van der Waals surface area contributed by atoms with E-state index in [-0.39, 0.29) is 25.0 Å². The first-order valence-corrected chi connectivity index (χ1v) is 12.4. The highest BCUT2D eigenvalue weighted by Gasteiger charge is 2.52. The molecule has 2 amide bonds. The zero-order valence-corrected chi connectivity index (χ0v) is 21.1. The molecule has 0 radical (unpaired) electrons. The van der Waals surface area contributed by atoms with Gasteiger partial charge in [-0.1, -0.05) is 48.5 Å². The maximum absolute atomic E-state index is 14.0. The van der Waals surface area contributed by atoms with Crippen LogP contribution in [0.1, 0.15) is 38.2 Å². The van der Waals surface area contributed by atoms with E-state index in [0.29, 0.717) is 27.8 Å². The van der Waals surface area contributed by atoms with Gasteiger partial charge in [0.1, 0.15) is 11.6 Å². The van der Waals surface area contributed by atoms with Crippen LogP contribution >= 0.6 is 0 Å². The molecule has 1 aliphatic heterocycles. The Morgan fingerprint density at radius 2 is 1.50 bits per heavy atom. The fourth-order valence-electron chi connectivity index (χ4n) is 4.69. The molecular weight excluding hydrogens is 512 g/mol. The molecule has 1 fully saturated rings. The monoisotopic (exact) mass is 535 g/mol. The number of nitrogens with one attached hydrogen (secondary N) is 3. The van der Waals surface area contributed by atoms with Crippen LogP contribution in [-0.2, 0) is 23.4 Å². The zero-order valence-electron chi connectivity index (χ0n) is 21.1. The maximum Gasteiger partial charge on any atom is 0.264 e. The molecular formula is C31H23F2N5O2. The molecule has 1 aliphatic rings. The molecule has 9 heteroatoms. The number of carbonyl (C=O) groups excluding carboxylic acids is 2. The fourth-order valence-corrected chi connectivity index (χ4v) is 4.69. The highest BCUT2D eigenvalue weighted by Crippen LogP contribution is 2.36. The van der Waals surface area contributed by atoms with Gasteiger partial charge in [0.25, 0.3) is 11.8 Å². The standard InChI is InChI=1S/C31H23F2N5O2/c32-26-12-8-24(9-13-26)31(25-10-14-27(33)15-11-25)29(40)38(30(35)37-31)19-22-2-1-3-23(16-22)28(39)36-18-21-6-4-20(17-34)5-7-21/h1-16H,18-19H2,(H2,35,37)(H,36,39). The Hall–Kier alpha value is -5.36. The number of nitriles is 1. The second kappa shape index (κ2) is 10.8. The van der Waals surface area contributed by atoms with Gasteiger partial charge in [-0.05, 0) is 70.8 Å². The van der Waals surface area contributed by atoms with Gasteiger partial charge in [0.2, 0.25) is 0 Å². The number of halogens is 2. The maximum atomic E-state index is 14.0. The lowest BCUT2D eigenvalue weighted by atomic mass is 9.82. The van der Waals surface area contributed by atoms with Crippen LogP contribution in [0.2, 0.25) is 0 Å². The molecule has 4 aromatic carbocycles. The minimum atomic E-state index is -1.56.